The van der Waals surface area contributed by atoms with E-state index in [0.29, 0.717) is 19.1 Å². The maximum Gasteiger partial charge on any atom is 0.338 e. The predicted octanol–water partition coefficient (Wildman–Crippen LogP) is 0.757. The number of rotatable bonds is 3. The van der Waals surface area contributed by atoms with E-state index in [4.69, 9.17) is 5.11 Å². The molecule has 2 heterocycles. The van der Waals surface area contributed by atoms with Crippen LogP contribution in [0.4, 0.5) is 14.5 Å². The van der Waals surface area contributed by atoms with Crippen molar-refractivity contribution in [1.29, 1.82) is 0 Å². The van der Waals surface area contributed by atoms with Gasteiger partial charge in [0.05, 0.1) is 11.3 Å². The Hall–Kier alpha value is -1.73. The Morgan fingerprint density at radius 2 is 1.86 bits per heavy atom. The predicted molar refractivity (Wildman–Crippen MR) is 73.8 cm³/mol. The number of nitrogens with zero attached hydrogens (tertiary/aromatic N) is 2. The minimum atomic E-state index is -1.46. The summed E-state index contributed by atoms with van der Waals surface area (Å²) in [5.41, 5.74) is -0.487. The third-order valence-electron chi connectivity index (χ3n) is 4.16. The Morgan fingerprint density at radius 1 is 1.19 bits per heavy atom. The highest BCUT2D eigenvalue weighted by atomic mass is 19.2. The van der Waals surface area contributed by atoms with Crippen LogP contribution in [0.25, 0.3) is 0 Å². The average Bonchev–Trinajstić information content (AvgIpc) is 2.43. The summed E-state index contributed by atoms with van der Waals surface area (Å²) in [4.78, 5) is 14.9. The van der Waals surface area contributed by atoms with Gasteiger partial charge in [0.2, 0.25) is 0 Å². The lowest BCUT2D eigenvalue weighted by Crippen LogP contribution is -2.63. The van der Waals surface area contributed by atoms with E-state index in [1.807, 2.05) is 0 Å². The normalized spacial score (nSPS) is 20.4. The molecule has 0 bridgehead atoms. The fourth-order valence-corrected chi connectivity index (χ4v) is 2.88. The van der Waals surface area contributed by atoms with Crippen LogP contribution in [-0.4, -0.2) is 61.3 Å². The van der Waals surface area contributed by atoms with Gasteiger partial charge in [-0.15, -0.1) is 0 Å². The Balaban J connectivity index is 1.69. The topological polar surface area (TPSA) is 55.8 Å². The summed E-state index contributed by atoms with van der Waals surface area (Å²) in [5, 5.41) is 12.0. The van der Waals surface area contributed by atoms with Gasteiger partial charge < -0.3 is 15.3 Å². The second kappa shape index (κ2) is 5.57. The van der Waals surface area contributed by atoms with Crippen molar-refractivity contribution < 1.29 is 18.7 Å². The van der Waals surface area contributed by atoms with Gasteiger partial charge in [-0.25, -0.2) is 13.6 Å². The van der Waals surface area contributed by atoms with Gasteiger partial charge in [0.25, 0.3) is 0 Å². The first-order chi connectivity index (χ1) is 10.1. The van der Waals surface area contributed by atoms with E-state index in [-0.39, 0.29) is 5.69 Å². The van der Waals surface area contributed by atoms with Gasteiger partial charge in [-0.3, -0.25) is 4.90 Å². The van der Waals surface area contributed by atoms with Crippen LogP contribution in [0.1, 0.15) is 10.4 Å². The van der Waals surface area contributed by atoms with Crippen LogP contribution >= 0.6 is 0 Å². The minimum Gasteiger partial charge on any atom is -0.478 e. The van der Waals surface area contributed by atoms with Gasteiger partial charge in [0, 0.05) is 45.3 Å². The van der Waals surface area contributed by atoms with Gasteiger partial charge in [-0.1, -0.05) is 0 Å². The Kier molecular flexibility index (Phi) is 3.77. The molecule has 0 spiro atoms. The Labute approximate surface area is 121 Å². The summed E-state index contributed by atoms with van der Waals surface area (Å²) in [6.07, 6.45) is 0. The average molecular weight is 297 g/mol. The zero-order valence-corrected chi connectivity index (χ0v) is 11.5. The fraction of sp³-hybridized carbons (Fsp3) is 0.500. The van der Waals surface area contributed by atoms with Crippen molar-refractivity contribution in [3.8, 4) is 0 Å². The van der Waals surface area contributed by atoms with Crippen molar-refractivity contribution >= 4 is 11.7 Å². The van der Waals surface area contributed by atoms with Gasteiger partial charge in [-0.05, 0) is 12.1 Å². The molecular weight excluding hydrogens is 280 g/mol. The van der Waals surface area contributed by atoms with Crippen molar-refractivity contribution in [1.82, 2.24) is 10.2 Å². The van der Waals surface area contributed by atoms with Crippen LogP contribution in [0.2, 0.25) is 0 Å². The molecule has 1 aromatic carbocycles. The second-order valence-electron chi connectivity index (χ2n) is 5.41. The number of benzene rings is 1. The van der Waals surface area contributed by atoms with Gasteiger partial charge in [0.1, 0.15) is 0 Å². The summed E-state index contributed by atoms with van der Waals surface area (Å²) in [6, 6.07) is 2.82. The van der Waals surface area contributed by atoms with Crippen molar-refractivity contribution in [2.24, 2.45) is 0 Å². The van der Waals surface area contributed by atoms with E-state index in [2.05, 4.69) is 10.2 Å². The Bertz CT molecular complexity index is 555. The van der Waals surface area contributed by atoms with Crippen LogP contribution < -0.4 is 10.2 Å². The van der Waals surface area contributed by atoms with Crippen LogP contribution in [0.5, 0.6) is 0 Å². The molecule has 21 heavy (non-hydrogen) atoms. The molecular formula is C14H17F2N3O2. The SMILES string of the molecule is O=C(O)c1ccc(N2CC(N3CCNCC3)C2)c(F)c1F. The first kappa shape index (κ1) is 14.2. The van der Waals surface area contributed by atoms with E-state index >= 15 is 0 Å². The van der Waals surface area contributed by atoms with E-state index in [9.17, 15) is 13.6 Å². The molecule has 2 saturated heterocycles. The zero-order chi connectivity index (χ0) is 15.0. The van der Waals surface area contributed by atoms with E-state index in [1.165, 1.54) is 6.07 Å². The van der Waals surface area contributed by atoms with Crippen molar-refractivity contribution in [3.05, 3.63) is 29.3 Å². The number of nitrogens with one attached hydrogen (secondary N) is 1. The zero-order valence-electron chi connectivity index (χ0n) is 11.5. The van der Waals surface area contributed by atoms with Gasteiger partial charge in [0.15, 0.2) is 11.6 Å². The van der Waals surface area contributed by atoms with Crippen LogP contribution in [0.15, 0.2) is 12.1 Å². The number of anilines is 1. The van der Waals surface area contributed by atoms with Crippen LogP contribution in [0.3, 0.4) is 0 Å². The summed E-state index contributed by atoms with van der Waals surface area (Å²) in [6.45, 7) is 5.12. The van der Waals surface area contributed by atoms with Crippen molar-refractivity contribution in [2.75, 3.05) is 44.2 Å². The first-order valence-electron chi connectivity index (χ1n) is 6.99. The molecule has 1 aromatic rings. The molecule has 0 unspecified atom stereocenters. The molecule has 3 rings (SSSR count). The number of hydrogen-bond donors (Lipinski definition) is 2. The van der Waals surface area contributed by atoms with Crippen LogP contribution in [0, 0.1) is 11.6 Å². The summed E-state index contributed by atoms with van der Waals surface area (Å²) < 4.78 is 27.6. The van der Waals surface area contributed by atoms with Crippen molar-refractivity contribution in [2.45, 2.75) is 6.04 Å². The molecule has 0 aromatic heterocycles. The van der Waals surface area contributed by atoms with Gasteiger partial charge in [-0.2, -0.15) is 0 Å². The highest BCUT2D eigenvalue weighted by Gasteiger charge is 2.34. The van der Waals surface area contributed by atoms with Crippen molar-refractivity contribution in [3.63, 3.8) is 0 Å². The number of piperazine rings is 1. The number of carbonyl (C=O) groups is 1. The van der Waals surface area contributed by atoms with E-state index in [1.54, 1.807) is 4.90 Å². The van der Waals surface area contributed by atoms with E-state index in [0.717, 1.165) is 32.2 Å². The quantitative estimate of drug-likeness (QED) is 0.862. The smallest absolute Gasteiger partial charge is 0.338 e. The lowest BCUT2D eigenvalue weighted by Gasteiger charge is -2.48. The number of carboxylic acids is 1. The first-order valence-corrected chi connectivity index (χ1v) is 6.99. The third-order valence-corrected chi connectivity index (χ3v) is 4.16. The van der Waals surface area contributed by atoms with E-state index < -0.39 is 23.2 Å². The lowest BCUT2D eigenvalue weighted by atomic mass is 10.0. The second-order valence-corrected chi connectivity index (χ2v) is 5.41. The summed E-state index contributed by atoms with van der Waals surface area (Å²) >= 11 is 0. The molecule has 0 amide bonds. The maximum absolute atomic E-state index is 14.0. The molecule has 0 aliphatic carbocycles. The lowest BCUT2D eigenvalue weighted by molar-refractivity contribution is 0.0690. The molecule has 0 atom stereocenters. The molecule has 7 heteroatoms. The van der Waals surface area contributed by atoms with Gasteiger partial charge >= 0.3 is 5.97 Å². The molecule has 2 N–H and O–H groups in total. The maximum atomic E-state index is 14.0. The minimum absolute atomic E-state index is 0.142. The monoisotopic (exact) mass is 297 g/mol. The third kappa shape index (κ3) is 2.58. The fourth-order valence-electron chi connectivity index (χ4n) is 2.88. The largest absolute Gasteiger partial charge is 0.478 e. The molecule has 2 fully saturated rings. The highest BCUT2D eigenvalue weighted by molar-refractivity contribution is 5.88. The summed E-state index contributed by atoms with van der Waals surface area (Å²) in [7, 11) is 0. The number of aromatic carboxylic acids is 1. The molecule has 5 nitrogen and oxygen atoms in total. The number of carboxylic acid groups (broad SMARTS) is 1. The Morgan fingerprint density at radius 3 is 2.48 bits per heavy atom. The molecule has 114 valence electrons. The molecule has 0 saturated carbocycles. The summed E-state index contributed by atoms with van der Waals surface area (Å²) in [5.74, 6) is -3.82. The van der Waals surface area contributed by atoms with Crippen LogP contribution in [-0.2, 0) is 0 Å². The molecule has 0 radical (unpaired) electrons. The highest BCUT2D eigenvalue weighted by Crippen LogP contribution is 2.29. The molecule has 2 aliphatic heterocycles. The number of halogens is 2. The number of hydrogen-bond acceptors (Lipinski definition) is 4. The molecule has 2 aliphatic rings. The standard InChI is InChI=1S/C14H17F2N3O2/c15-12-10(14(20)21)1-2-11(13(12)16)19-7-9(8-19)18-5-3-17-4-6-18/h1-2,9,17H,3-8H2,(H,20,21).